The monoisotopic (exact) mass is 362 g/mol. The van der Waals surface area contributed by atoms with E-state index in [0.717, 1.165) is 5.56 Å². The number of hydrogen-bond acceptors (Lipinski definition) is 4. The van der Waals surface area contributed by atoms with Crippen LogP contribution in [0.4, 0.5) is 0 Å². The number of aromatic nitrogens is 1. The lowest BCUT2D eigenvalue weighted by atomic mass is 10.2. The van der Waals surface area contributed by atoms with Crippen LogP contribution in [-0.4, -0.2) is 10.9 Å². The van der Waals surface area contributed by atoms with Gasteiger partial charge in [-0.15, -0.1) is 0 Å². The second-order valence-electron chi connectivity index (χ2n) is 4.92. The molecule has 3 rings (SSSR count). The Balaban J connectivity index is 1.76. The molecule has 2 aromatic carbocycles. The Kier molecular flexibility index (Phi) is 4.74. The molecule has 1 aromatic heterocycles. The molecule has 0 atom stereocenters. The van der Waals surface area contributed by atoms with Gasteiger partial charge >= 0.3 is 0 Å². The number of nitrogens with zero attached hydrogens (tertiary/aromatic N) is 1. The zero-order chi connectivity index (χ0) is 17.1. The molecular weight excluding hydrogens is 351 g/mol. The van der Waals surface area contributed by atoms with Gasteiger partial charge in [-0.3, -0.25) is 4.79 Å². The van der Waals surface area contributed by atoms with Gasteiger partial charge in [0.25, 0.3) is 5.91 Å². The summed E-state index contributed by atoms with van der Waals surface area (Å²) in [5.74, 6) is 0.617. The number of hydrogen-bond donors (Lipinski definition) is 1. The molecule has 24 heavy (non-hydrogen) atoms. The number of carbonyl (C=O) groups excluding carboxylic acids is 1. The molecule has 0 saturated heterocycles. The maximum Gasteiger partial charge on any atom is 0.252 e. The van der Waals surface area contributed by atoms with E-state index >= 15 is 0 Å². The summed E-state index contributed by atoms with van der Waals surface area (Å²) in [5, 5.41) is 1.00. The smallest absolute Gasteiger partial charge is 0.252 e. The van der Waals surface area contributed by atoms with Crippen molar-refractivity contribution < 1.29 is 13.9 Å². The van der Waals surface area contributed by atoms with E-state index in [9.17, 15) is 4.79 Å². The summed E-state index contributed by atoms with van der Waals surface area (Å²) >= 11 is 11.8. The number of primary amides is 1. The Morgan fingerprint density at radius 1 is 1.17 bits per heavy atom. The summed E-state index contributed by atoms with van der Waals surface area (Å²) in [5.41, 5.74) is 6.33. The van der Waals surface area contributed by atoms with E-state index in [1.54, 1.807) is 30.5 Å². The molecule has 0 aliphatic carbocycles. The third-order valence-electron chi connectivity index (χ3n) is 3.22. The Hall–Kier alpha value is -2.50. The van der Waals surface area contributed by atoms with Gasteiger partial charge in [0.1, 0.15) is 5.75 Å². The number of oxazole rings is 1. The van der Waals surface area contributed by atoms with E-state index in [2.05, 4.69) is 4.98 Å². The molecule has 0 unspecified atom stereocenters. The molecule has 0 aliphatic rings. The van der Waals surface area contributed by atoms with Crippen molar-refractivity contribution in [3.8, 4) is 17.1 Å². The van der Waals surface area contributed by atoms with Crippen LogP contribution in [-0.2, 0) is 6.61 Å². The summed E-state index contributed by atoms with van der Waals surface area (Å²) in [4.78, 5) is 15.6. The SMILES string of the molecule is NC(=O)c1cc(Cl)ccc1OCc1ncc(-c2cccc(Cl)c2)o1. The Morgan fingerprint density at radius 3 is 2.71 bits per heavy atom. The first-order chi connectivity index (χ1) is 11.5. The van der Waals surface area contributed by atoms with Gasteiger partial charge in [0.15, 0.2) is 12.4 Å². The van der Waals surface area contributed by atoms with Crippen molar-refractivity contribution in [2.24, 2.45) is 5.73 Å². The highest BCUT2D eigenvalue weighted by atomic mass is 35.5. The van der Waals surface area contributed by atoms with E-state index in [4.69, 9.17) is 38.1 Å². The van der Waals surface area contributed by atoms with E-state index < -0.39 is 5.91 Å². The van der Waals surface area contributed by atoms with Crippen LogP contribution in [0.25, 0.3) is 11.3 Å². The third kappa shape index (κ3) is 3.69. The number of carbonyl (C=O) groups is 1. The van der Waals surface area contributed by atoms with Crippen LogP contribution < -0.4 is 10.5 Å². The van der Waals surface area contributed by atoms with Crippen molar-refractivity contribution in [1.82, 2.24) is 4.98 Å². The van der Waals surface area contributed by atoms with Gasteiger partial charge in [-0.05, 0) is 30.3 Å². The minimum Gasteiger partial charge on any atom is -0.483 e. The molecule has 122 valence electrons. The molecule has 5 nitrogen and oxygen atoms in total. The first-order valence-corrected chi connectivity index (χ1v) is 7.71. The average Bonchev–Trinajstić information content (AvgIpc) is 3.02. The molecule has 1 heterocycles. The topological polar surface area (TPSA) is 78.4 Å². The molecule has 0 spiro atoms. The predicted molar refractivity (Wildman–Crippen MR) is 91.3 cm³/mol. The van der Waals surface area contributed by atoms with Crippen LogP contribution in [0.15, 0.2) is 53.1 Å². The van der Waals surface area contributed by atoms with Gasteiger partial charge in [-0.2, -0.15) is 0 Å². The molecule has 0 aliphatic heterocycles. The average molecular weight is 363 g/mol. The number of halogens is 2. The molecule has 0 bridgehead atoms. The van der Waals surface area contributed by atoms with Crippen LogP contribution in [0.5, 0.6) is 5.75 Å². The van der Waals surface area contributed by atoms with Gasteiger partial charge in [-0.1, -0.05) is 35.3 Å². The largest absolute Gasteiger partial charge is 0.483 e. The van der Waals surface area contributed by atoms with Crippen LogP contribution >= 0.6 is 23.2 Å². The second kappa shape index (κ2) is 6.95. The van der Waals surface area contributed by atoms with Crippen molar-refractivity contribution in [1.29, 1.82) is 0 Å². The van der Waals surface area contributed by atoms with E-state index in [1.165, 1.54) is 6.07 Å². The number of rotatable bonds is 5. The summed E-state index contributed by atoms with van der Waals surface area (Å²) in [6, 6.07) is 11.9. The van der Waals surface area contributed by atoms with Crippen molar-refractivity contribution >= 4 is 29.1 Å². The van der Waals surface area contributed by atoms with Crippen LogP contribution in [0.3, 0.4) is 0 Å². The van der Waals surface area contributed by atoms with Crippen molar-refractivity contribution in [3.63, 3.8) is 0 Å². The lowest BCUT2D eigenvalue weighted by Gasteiger charge is -2.08. The lowest BCUT2D eigenvalue weighted by molar-refractivity contribution is 0.0995. The highest BCUT2D eigenvalue weighted by Gasteiger charge is 2.12. The molecular formula is C17H12Cl2N2O3. The fourth-order valence-corrected chi connectivity index (χ4v) is 2.47. The second-order valence-corrected chi connectivity index (χ2v) is 5.79. The van der Waals surface area contributed by atoms with Crippen LogP contribution in [0, 0.1) is 0 Å². The zero-order valence-electron chi connectivity index (χ0n) is 12.3. The summed E-state index contributed by atoms with van der Waals surface area (Å²) in [6.45, 7) is 0.0441. The Morgan fingerprint density at radius 2 is 1.96 bits per heavy atom. The standard InChI is InChI=1S/C17H12Cl2N2O3/c18-11-3-1-2-10(6-11)15-8-21-16(24-15)9-23-14-5-4-12(19)7-13(14)17(20)22/h1-8H,9H2,(H2,20,22). The number of nitrogens with two attached hydrogens (primary N) is 1. The fraction of sp³-hybridized carbons (Fsp3) is 0.0588. The van der Waals surface area contributed by atoms with Gasteiger partial charge in [-0.25, -0.2) is 4.98 Å². The molecule has 0 radical (unpaired) electrons. The Labute approximate surface area is 148 Å². The number of ether oxygens (including phenoxy) is 1. The highest BCUT2D eigenvalue weighted by Crippen LogP contribution is 2.26. The molecule has 1 amide bonds. The summed E-state index contributed by atoms with van der Waals surface area (Å²) in [6.07, 6.45) is 1.58. The van der Waals surface area contributed by atoms with Gasteiger partial charge < -0.3 is 14.9 Å². The van der Waals surface area contributed by atoms with Crippen LogP contribution in [0.1, 0.15) is 16.2 Å². The quantitative estimate of drug-likeness (QED) is 0.732. The minimum absolute atomic E-state index is 0.0441. The molecule has 0 saturated carbocycles. The third-order valence-corrected chi connectivity index (χ3v) is 3.69. The van der Waals surface area contributed by atoms with Gasteiger partial charge in [0.05, 0.1) is 11.8 Å². The Bertz CT molecular complexity index is 893. The molecule has 7 heteroatoms. The maximum atomic E-state index is 11.4. The van der Waals surface area contributed by atoms with Gasteiger partial charge in [0, 0.05) is 15.6 Å². The van der Waals surface area contributed by atoms with E-state index in [0.29, 0.717) is 27.4 Å². The zero-order valence-corrected chi connectivity index (χ0v) is 13.8. The summed E-state index contributed by atoms with van der Waals surface area (Å²) in [7, 11) is 0. The molecule has 0 fully saturated rings. The van der Waals surface area contributed by atoms with E-state index in [-0.39, 0.29) is 12.2 Å². The first-order valence-electron chi connectivity index (χ1n) is 6.96. The number of amides is 1. The van der Waals surface area contributed by atoms with E-state index in [1.807, 2.05) is 12.1 Å². The normalized spacial score (nSPS) is 10.6. The van der Waals surface area contributed by atoms with Crippen molar-refractivity contribution in [3.05, 3.63) is 70.2 Å². The van der Waals surface area contributed by atoms with Gasteiger partial charge in [0.2, 0.25) is 5.89 Å². The van der Waals surface area contributed by atoms with Crippen LogP contribution in [0.2, 0.25) is 10.0 Å². The fourth-order valence-electron chi connectivity index (χ4n) is 2.11. The lowest BCUT2D eigenvalue weighted by Crippen LogP contribution is -2.13. The first kappa shape index (κ1) is 16.4. The molecule has 3 aromatic rings. The van der Waals surface area contributed by atoms with Crippen molar-refractivity contribution in [2.45, 2.75) is 6.61 Å². The molecule has 2 N–H and O–H groups in total. The highest BCUT2D eigenvalue weighted by molar-refractivity contribution is 6.31. The van der Waals surface area contributed by atoms with Crippen molar-refractivity contribution in [2.75, 3.05) is 0 Å². The maximum absolute atomic E-state index is 11.4. The minimum atomic E-state index is -0.625. The number of benzene rings is 2. The summed E-state index contributed by atoms with van der Waals surface area (Å²) < 4.78 is 11.2. The predicted octanol–water partition coefficient (Wildman–Crippen LogP) is 4.33.